The summed E-state index contributed by atoms with van der Waals surface area (Å²) < 4.78 is 2.85. The minimum Gasteiger partial charge on any atom is -0.337 e. The zero-order valence-corrected chi connectivity index (χ0v) is 15.6. The highest BCUT2D eigenvalue weighted by Gasteiger charge is 2.13. The lowest BCUT2D eigenvalue weighted by atomic mass is 10.2. The summed E-state index contributed by atoms with van der Waals surface area (Å²) in [4.78, 5) is 14.0. The van der Waals surface area contributed by atoms with Crippen molar-refractivity contribution in [2.24, 2.45) is 0 Å². The highest BCUT2D eigenvalue weighted by molar-refractivity contribution is 9.11. The molecule has 0 unspecified atom stereocenters. The largest absolute Gasteiger partial charge is 0.337 e. The summed E-state index contributed by atoms with van der Waals surface area (Å²) in [6.45, 7) is 0.602. The van der Waals surface area contributed by atoms with Crippen molar-refractivity contribution in [3.8, 4) is 0 Å². The van der Waals surface area contributed by atoms with Crippen molar-refractivity contribution in [1.82, 2.24) is 4.90 Å². The minimum atomic E-state index is 0.00400. The zero-order chi connectivity index (χ0) is 14.0. The average Bonchev–Trinajstić information content (AvgIpc) is 2.72. The van der Waals surface area contributed by atoms with Gasteiger partial charge in [-0.3, -0.25) is 4.79 Å². The number of amides is 1. The SMILES string of the molecule is CN(Cc1csc(Br)c1)C(=O)c1cc(Br)cc(Br)c1. The Morgan fingerprint density at radius 1 is 1.16 bits per heavy atom. The number of carbonyl (C=O) groups is 1. The van der Waals surface area contributed by atoms with E-state index >= 15 is 0 Å². The first-order chi connectivity index (χ1) is 8.95. The van der Waals surface area contributed by atoms with E-state index in [2.05, 4.69) is 47.8 Å². The average molecular weight is 468 g/mol. The summed E-state index contributed by atoms with van der Waals surface area (Å²) in [5.41, 5.74) is 1.79. The van der Waals surface area contributed by atoms with Gasteiger partial charge in [0, 0.05) is 28.1 Å². The second-order valence-electron chi connectivity index (χ2n) is 4.08. The van der Waals surface area contributed by atoms with Gasteiger partial charge in [-0.1, -0.05) is 31.9 Å². The molecule has 0 atom stereocenters. The number of halogens is 3. The van der Waals surface area contributed by atoms with Crippen LogP contribution >= 0.6 is 59.1 Å². The molecule has 2 rings (SSSR count). The molecule has 0 aliphatic heterocycles. The van der Waals surface area contributed by atoms with Gasteiger partial charge < -0.3 is 4.90 Å². The van der Waals surface area contributed by atoms with Crippen LogP contribution in [0.1, 0.15) is 15.9 Å². The lowest BCUT2D eigenvalue weighted by molar-refractivity contribution is 0.0785. The van der Waals surface area contributed by atoms with Crippen LogP contribution in [0.5, 0.6) is 0 Å². The van der Waals surface area contributed by atoms with Gasteiger partial charge in [-0.25, -0.2) is 0 Å². The van der Waals surface area contributed by atoms with Gasteiger partial charge in [0.1, 0.15) is 0 Å². The summed E-state index contributed by atoms with van der Waals surface area (Å²) in [5.74, 6) is 0.00400. The van der Waals surface area contributed by atoms with Crippen LogP contribution in [0.3, 0.4) is 0 Å². The predicted octanol–water partition coefficient (Wildman–Crippen LogP) is 5.31. The third-order valence-corrected chi connectivity index (χ3v) is 4.97. The van der Waals surface area contributed by atoms with Gasteiger partial charge in [-0.05, 0) is 51.1 Å². The fourth-order valence-electron chi connectivity index (χ4n) is 1.67. The number of carbonyl (C=O) groups excluding carboxylic acids is 1. The smallest absolute Gasteiger partial charge is 0.253 e. The highest BCUT2D eigenvalue weighted by atomic mass is 79.9. The summed E-state index contributed by atoms with van der Waals surface area (Å²) in [6, 6.07) is 7.60. The van der Waals surface area contributed by atoms with Gasteiger partial charge in [0.25, 0.3) is 5.91 Å². The quantitative estimate of drug-likeness (QED) is 0.599. The van der Waals surface area contributed by atoms with Crippen LogP contribution in [0.25, 0.3) is 0 Å². The number of benzene rings is 1. The molecule has 0 fully saturated rings. The molecule has 1 heterocycles. The van der Waals surface area contributed by atoms with E-state index in [1.165, 1.54) is 0 Å². The van der Waals surface area contributed by atoms with Crippen LogP contribution in [-0.4, -0.2) is 17.9 Å². The molecule has 0 bridgehead atoms. The first kappa shape index (κ1) is 15.2. The van der Waals surface area contributed by atoms with Gasteiger partial charge in [0.2, 0.25) is 0 Å². The van der Waals surface area contributed by atoms with Gasteiger partial charge in [-0.15, -0.1) is 11.3 Å². The van der Waals surface area contributed by atoms with E-state index in [4.69, 9.17) is 0 Å². The highest BCUT2D eigenvalue weighted by Crippen LogP contribution is 2.23. The van der Waals surface area contributed by atoms with E-state index in [9.17, 15) is 4.79 Å². The molecule has 0 N–H and O–H groups in total. The lowest BCUT2D eigenvalue weighted by Gasteiger charge is -2.16. The van der Waals surface area contributed by atoms with Gasteiger partial charge in [0.05, 0.1) is 3.79 Å². The molecule has 6 heteroatoms. The van der Waals surface area contributed by atoms with Crippen molar-refractivity contribution < 1.29 is 4.79 Å². The summed E-state index contributed by atoms with van der Waals surface area (Å²) in [5, 5.41) is 2.05. The van der Waals surface area contributed by atoms with E-state index < -0.39 is 0 Å². The molecular formula is C13H10Br3NOS. The van der Waals surface area contributed by atoms with Crippen molar-refractivity contribution in [2.45, 2.75) is 6.54 Å². The summed E-state index contributed by atoms with van der Waals surface area (Å²) in [7, 11) is 1.81. The van der Waals surface area contributed by atoms with Crippen LogP contribution in [0.2, 0.25) is 0 Å². The molecule has 1 aromatic heterocycles. The van der Waals surface area contributed by atoms with Gasteiger partial charge in [0.15, 0.2) is 0 Å². The lowest BCUT2D eigenvalue weighted by Crippen LogP contribution is -2.26. The maximum absolute atomic E-state index is 12.3. The summed E-state index contributed by atoms with van der Waals surface area (Å²) in [6.07, 6.45) is 0. The Morgan fingerprint density at radius 2 is 1.79 bits per heavy atom. The van der Waals surface area contributed by atoms with E-state index in [-0.39, 0.29) is 5.91 Å². The second kappa shape index (κ2) is 6.52. The maximum Gasteiger partial charge on any atom is 0.253 e. The molecular weight excluding hydrogens is 458 g/mol. The second-order valence-corrected chi connectivity index (χ2v) is 8.20. The van der Waals surface area contributed by atoms with Crippen molar-refractivity contribution in [1.29, 1.82) is 0 Å². The van der Waals surface area contributed by atoms with Crippen molar-refractivity contribution in [2.75, 3.05) is 7.05 Å². The van der Waals surface area contributed by atoms with Crippen LogP contribution in [-0.2, 0) is 6.54 Å². The monoisotopic (exact) mass is 465 g/mol. The number of hydrogen-bond donors (Lipinski definition) is 0. The minimum absolute atomic E-state index is 0.00400. The Labute approximate surface area is 141 Å². The number of rotatable bonds is 3. The molecule has 0 aliphatic carbocycles. The molecule has 2 aromatic rings. The van der Waals surface area contributed by atoms with E-state index in [0.717, 1.165) is 18.3 Å². The van der Waals surface area contributed by atoms with E-state index in [1.807, 2.05) is 36.7 Å². The van der Waals surface area contributed by atoms with Crippen LogP contribution < -0.4 is 0 Å². The first-order valence-electron chi connectivity index (χ1n) is 5.40. The van der Waals surface area contributed by atoms with Crippen LogP contribution in [0, 0.1) is 0 Å². The summed E-state index contributed by atoms with van der Waals surface area (Å²) >= 11 is 11.8. The predicted molar refractivity (Wildman–Crippen MR) is 89.7 cm³/mol. The van der Waals surface area contributed by atoms with Gasteiger partial charge in [-0.2, -0.15) is 0 Å². The first-order valence-corrected chi connectivity index (χ1v) is 8.66. The zero-order valence-electron chi connectivity index (χ0n) is 9.99. The molecule has 19 heavy (non-hydrogen) atoms. The third kappa shape index (κ3) is 4.15. The van der Waals surface area contributed by atoms with Crippen LogP contribution in [0.15, 0.2) is 42.4 Å². The number of nitrogens with zero attached hydrogens (tertiary/aromatic N) is 1. The maximum atomic E-state index is 12.3. The van der Waals surface area contributed by atoms with Crippen molar-refractivity contribution in [3.05, 3.63) is 53.5 Å². The molecule has 1 amide bonds. The van der Waals surface area contributed by atoms with Crippen molar-refractivity contribution in [3.63, 3.8) is 0 Å². The fraction of sp³-hybridized carbons (Fsp3) is 0.154. The number of hydrogen-bond acceptors (Lipinski definition) is 2. The number of thiophene rings is 1. The topological polar surface area (TPSA) is 20.3 Å². The molecule has 100 valence electrons. The molecule has 1 aromatic carbocycles. The Balaban J connectivity index is 2.14. The molecule has 2 nitrogen and oxygen atoms in total. The standard InChI is InChI=1S/C13H10Br3NOS/c1-17(6-8-2-12(16)19-7-8)13(18)9-3-10(14)5-11(15)4-9/h2-5,7H,6H2,1H3. The van der Waals surface area contributed by atoms with E-state index in [1.54, 1.807) is 16.2 Å². The van der Waals surface area contributed by atoms with Crippen LogP contribution in [0.4, 0.5) is 0 Å². The Bertz CT molecular complexity index is 591. The molecule has 0 saturated heterocycles. The Kier molecular flexibility index (Phi) is 5.22. The third-order valence-electron chi connectivity index (χ3n) is 2.50. The van der Waals surface area contributed by atoms with E-state index in [0.29, 0.717) is 12.1 Å². The fourth-order valence-corrected chi connectivity index (χ4v) is 4.17. The molecule has 0 aliphatic rings. The molecule has 0 spiro atoms. The van der Waals surface area contributed by atoms with Crippen molar-refractivity contribution >= 4 is 65.0 Å². The molecule has 0 radical (unpaired) electrons. The van der Waals surface area contributed by atoms with Gasteiger partial charge >= 0.3 is 0 Å². The normalized spacial score (nSPS) is 10.5. The Hall–Kier alpha value is -0.170. The Morgan fingerprint density at radius 3 is 2.32 bits per heavy atom. The molecule has 0 saturated carbocycles.